The molecule has 0 bridgehead atoms. The van der Waals surface area contributed by atoms with E-state index < -0.39 is 12.6 Å². The van der Waals surface area contributed by atoms with Crippen LogP contribution < -0.4 is 4.74 Å². The number of halogens is 2. The molecule has 5 nitrogen and oxygen atoms in total. The topological polar surface area (TPSA) is 61.0 Å². The fraction of sp³-hybridized carbons (Fsp3) is 0.0588. The van der Waals surface area contributed by atoms with Gasteiger partial charge in [0.1, 0.15) is 11.5 Å². The predicted octanol–water partition coefficient (Wildman–Crippen LogP) is 3.78. The molecule has 122 valence electrons. The van der Waals surface area contributed by atoms with E-state index in [0.29, 0.717) is 5.76 Å². The van der Waals surface area contributed by atoms with E-state index in [0.717, 1.165) is 0 Å². The Kier molecular flexibility index (Phi) is 4.51. The van der Waals surface area contributed by atoms with Gasteiger partial charge in [0.15, 0.2) is 5.70 Å². The molecule has 1 aliphatic heterocycles. The highest BCUT2D eigenvalue weighted by Crippen LogP contribution is 2.25. The first-order valence-electron chi connectivity index (χ1n) is 6.90. The number of hydrogen-bond acceptors (Lipinski definition) is 5. The number of benzene rings is 1. The summed E-state index contributed by atoms with van der Waals surface area (Å²) in [6.07, 6.45) is 6.17. The molecule has 1 aromatic heterocycles. The third-order valence-electron chi connectivity index (χ3n) is 3.01. The summed E-state index contributed by atoms with van der Waals surface area (Å²) in [5.74, 6) is -0.278. The number of alkyl halides is 2. The third kappa shape index (κ3) is 3.57. The first kappa shape index (κ1) is 15.7. The van der Waals surface area contributed by atoms with Crippen molar-refractivity contribution in [2.75, 3.05) is 0 Å². The molecule has 0 saturated carbocycles. The van der Waals surface area contributed by atoms with Crippen LogP contribution in [0.4, 0.5) is 8.78 Å². The second kappa shape index (κ2) is 6.91. The van der Waals surface area contributed by atoms with Crippen molar-refractivity contribution in [3.8, 4) is 5.75 Å². The Morgan fingerprint density at radius 2 is 2.00 bits per heavy atom. The van der Waals surface area contributed by atoms with Crippen molar-refractivity contribution in [2.24, 2.45) is 4.99 Å². The first-order chi connectivity index (χ1) is 11.6. The quantitative estimate of drug-likeness (QED) is 0.618. The molecule has 0 atom stereocenters. The van der Waals surface area contributed by atoms with Crippen LogP contribution in [0.3, 0.4) is 0 Å². The van der Waals surface area contributed by atoms with Gasteiger partial charge >= 0.3 is 12.6 Å². The van der Waals surface area contributed by atoms with Gasteiger partial charge in [0, 0.05) is 0 Å². The van der Waals surface area contributed by atoms with Gasteiger partial charge in [-0.2, -0.15) is 8.78 Å². The molecule has 0 spiro atoms. The number of rotatable bonds is 5. The Hall–Kier alpha value is -3.22. The second-order valence-corrected chi connectivity index (χ2v) is 4.61. The van der Waals surface area contributed by atoms with Gasteiger partial charge in [0.25, 0.3) is 0 Å². The molecule has 1 aromatic carbocycles. The van der Waals surface area contributed by atoms with Crippen molar-refractivity contribution in [3.05, 3.63) is 71.8 Å². The Morgan fingerprint density at radius 1 is 1.17 bits per heavy atom. The summed E-state index contributed by atoms with van der Waals surface area (Å²) in [7, 11) is 0. The number of hydrogen-bond donors (Lipinski definition) is 0. The van der Waals surface area contributed by atoms with E-state index in [1.165, 1.54) is 30.5 Å². The average Bonchev–Trinajstić information content (AvgIpc) is 3.18. The summed E-state index contributed by atoms with van der Waals surface area (Å²) >= 11 is 0. The SMILES string of the molecule is O=C1OC(c2ccccc2OC(F)F)=N/C1=C/C=C/c1ccco1. The summed E-state index contributed by atoms with van der Waals surface area (Å²) in [4.78, 5) is 15.9. The zero-order valence-corrected chi connectivity index (χ0v) is 12.2. The lowest BCUT2D eigenvalue weighted by molar-refractivity contribution is -0.130. The van der Waals surface area contributed by atoms with Crippen LogP contribution in [0, 0.1) is 0 Å². The second-order valence-electron chi connectivity index (χ2n) is 4.61. The summed E-state index contributed by atoms with van der Waals surface area (Å²) < 4.78 is 39.4. The Bertz CT molecular complexity index is 823. The van der Waals surface area contributed by atoms with Crippen LogP contribution in [0.2, 0.25) is 0 Å². The zero-order chi connectivity index (χ0) is 16.9. The molecule has 2 heterocycles. The Labute approximate surface area is 135 Å². The number of carbonyl (C=O) groups excluding carboxylic acids is 1. The number of cyclic esters (lactones) is 1. The molecule has 0 unspecified atom stereocenters. The normalized spacial score (nSPS) is 16.0. The number of furan rings is 1. The summed E-state index contributed by atoms with van der Waals surface area (Å²) in [5, 5.41) is 0. The highest BCUT2D eigenvalue weighted by atomic mass is 19.3. The first-order valence-corrected chi connectivity index (χ1v) is 6.90. The molecule has 24 heavy (non-hydrogen) atoms. The summed E-state index contributed by atoms with van der Waals surface area (Å²) in [6.45, 7) is -2.99. The van der Waals surface area contributed by atoms with E-state index in [2.05, 4.69) is 9.73 Å². The molecule has 0 aliphatic carbocycles. The van der Waals surface area contributed by atoms with E-state index >= 15 is 0 Å². The number of ether oxygens (including phenoxy) is 2. The fourth-order valence-corrected chi connectivity index (χ4v) is 2.00. The van der Waals surface area contributed by atoms with Gasteiger partial charge in [0.2, 0.25) is 5.90 Å². The van der Waals surface area contributed by atoms with Crippen LogP contribution in [0.1, 0.15) is 11.3 Å². The van der Waals surface area contributed by atoms with Crippen molar-refractivity contribution in [3.63, 3.8) is 0 Å². The third-order valence-corrected chi connectivity index (χ3v) is 3.01. The zero-order valence-electron chi connectivity index (χ0n) is 12.2. The van der Waals surface area contributed by atoms with Crippen molar-refractivity contribution in [1.82, 2.24) is 0 Å². The monoisotopic (exact) mass is 331 g/mol. The minimum Gasteiger partial charge on any atom is -0.465 e. The number of para-hydroxylation sites is 1. The maximum Gasteiger partial charge on any atom is 0.387 e. The van der Waals surface area contributed by atoms with Crippen molar-refractivity contribution < 1.29 is 27.5 Å². The number of nitrogens with zero attached hydrogens (tertiary/aromatic N) is 1. The van der Waals surface area contributed by atoms with Gasteiger partial charge in [0.05, 0.1) is 11.8 Å². The van der Waals surface area contributed by atoms with Gasteiger partial charge < -0.3 is 13.9 Å². The van der Waals surface area contributed by atoms with Gasteiger partial charge in [-0.05, 0) is 36.4 Å². The van der Waals surface area contributed by atoms with Crippen molar-refractivity contribution >= 4 is 17.9 Å². The summed E-state index contributed by atoms with van der Waals surface area (Å²) in [5.41, 5.74) is 0.212. The largest absolute Gasteiger partial charge is 0.465 e. The van der Waals surface area contributed by atoms with Crippen molar-refractivity contribution in [1.29, 1.82) is 0 Å². The van der Waals surface area contributed by atoms with Crippen LogP contribution in [0.5, 0.6) is 5.75 Å². The highest BCUT2D eigenvalue weighted by molar-refractivity contribution is 6.12. The van der Waals surface area contributed by atoms with E-state index in [1.807, 2.05) is 0 Å². The standard InChI is InChI=1S/C17H11F2NO4/c18-17(19)23-14-9-2-1-7-12(14)15-20-13(16(21)24-15)8-3-5-11-6-4-10-22-11/h1-10,17H/b5-3+,13-8+. The van der Waals surface area contributed by atoms with Gasteiger partial charge in [-0.25, -0.2) is 9.79 Å². The van der Waals surface area contributed by atoms with Crippen LogP contribution in [-0.4, -0.2) is 18.5 Å². The molecule has 7 heteroatoms. The van der Waals surface area contributed by atoms with Crippen LogP contribution in [0.25, 0.3) is 6.08 Å². The smallest absolute Gasteiger partial charge is 0.387 e. The van der Waals surface area contributed by atoms with Gasteiger partial charge in [-0.15, -0.1) is 0 Å². The van der Waals surface area contributed by atoms with E-state index in [-0.39, 0.29) is 22.9 Å². The lowest BCUT2D eigenvalue weighted by atomic mass is 10.2. The van der Waals surface area contributed by atoms with Gasteiger partial charge in [-0.1, -0.05) is 18.2 Å². The Morgan fingerprint density at radius 3 is 2.75 bits per heavy atom. The number of allylic oxidation sites excluding steroid dienone is 2. The molecule has 2 aromatic rings. The lowest BCUT2D eigenvalue weighted by Gasteiger charge is -2.08. The maximum atomic E-state index is 12.4. The van der Waals surface area contributed by atoms with Crippen LogP contribution in [0.15, 0.2) is 69.9 Å². The molecule has 1 aliphatic rings. The van der Waals surface area contributed by atoms with Crippen LogP contribution >= 0.6 is 0 Å². The minimum atomic E-state index is -2.99. The van der Waals surface area contributed by atoms with E-state index in [1.54, 1.807) is 30.4 Å². The number of aliphatic imine (C=N–C) groups is 1. The van der Waals surface area contributed by atoms with Crippen LogP contribution in [-0.2, 0) is 9.53 Å². The van der Waals surface area contributed by atoms with E-state index in [9.17, 15) is 13.6 Å². The molecule has 0 fully saturated rings. The number of carbonyl (C=O) groups is 1. The van der Waals surface area contributed by atoms with E-state index in [4.69, 9.17) is 9.15 Å². The van der Waals surface area contributed by atoms with Gasteiger partial charge in [-0.3, -0.25) is 0 Å². The molecule has 0 amide bonds. The lowest BCUT2D eigenvalue weighted by Crippen LogP contribution is -2.10. The average molecular weight is 331 g/mol. The highest BCUT2D eigenvalue weighted by Gasteiger charge is 2.26. The summed E-state index contributed by atoms with van der Waals surface area (Å²) in [6, 6.07) is 9.42. The van der Waals surface area contributed by atoms with Crippen molar-refractivity contribution in [2.45, 2.75) is 6.61 Å². The fourth-order valence-electron chi connectivity index (χ4n) is 2.00. The molecule has 0 saturated heterocycles. The predicted molar refractivity (Wildman–Crippen MR) is 81.5 cm³/mol. The molecule has 0 N–H and O–H groups in total. The number of esters is 1. The molecule has 0 radical (unpaired) electrons. The Balaban J connectivity index is 1.84. The molecule has 3 rings (SSSR count). The maximum absolute atomic E-state index is 12.4. The molecular weight excluding hydrogens is 320 g/mol. The minimum absolute atomic E-state index is 0.0413. The molecular formula is C17H11F2NO4.